The third kappa shape index (κ3) is 3.85. The molecule has 1 aromatic carbocycles. The molecule has 29 heavy (non-hydrogen) atoms. The Morgan fingerprint density at radius 1 is 1.14 bits per heavy atom. The van der Waals surface area contributed by atoms with Crippen LogP contribution in [0.1, 0.15) is 23.4 Å². The average Bonchev–Trinajstić information content (AvgIpc) is 3.08. The van der Waals surface area contributed by atoms with E-state index in [9.17, 15) is 4.79 Å². The van der Waals surface area contributed by atoms with Crippen molar-refractivity contribution in [1.29, 1.82) is 0 Å². The van der Waals surface area contributed by atoms with Gasteiger partial charge in [0.1, 0.15) is 0 Å². The standard InChI is InChI=1S/C20H24ClN7O/c1-13-15(14(2)28-20(23-13)24-19(22)25-28)7-8-18(29)27-11-9-26(10-12-27)17-6-4-3-5-16(17)21/h3-6H,7-12H2,1-2H3,(H2,22,25). The molecule has 8 nitrogen and oxygen atoms in total. The first-order valence-corrected chi connectivity index (χ1v) is 10.1. The number of hydrogen-bond donors (Lipinski definition) is 1. The average molecular weight is 414 g/mol. The fraction of sp³-hybridized carbons (Fsp3) is 0.400. The minimum Gasteiger partial charge on any atom is -0.367 e. The number of piperazine rings is 1. The maximum Gasteiger partial charge on any atom is 0.254 e. The Labute approximate surface area is 174 Å². The van der Waals surface area contributed by atoms with Gasteiger partial charge in [0, 0.05) is 44.0 Å². The zero-order valence-electron chi connectivity index (χ0n) is 16.6. The largest absolute Gasteiger partial charge is 0.367 e. The Hall–Kier alpha value is -2.87. The monoisotopic (exact) mass is 413 g/mol. The number of para-hydroxylation sites is 1. The highest BCUT2D eigenvalue weighted by atomic mass is 35.5. The lowest BCUT2D eigenvalue weighted by Gasteiger charge is -2.36. The molecule has 2 N–H and O–H groups in total. The molecule has 0 saturated carbocycles. The van der Waals surface area contributed by atoms with Crippen molar-refractivity contribution in [3.63, 3.8) is 0 Å². The number of benzene rings is 1. The minimum atomic E-state index is 0.154. The number of carbonyl (C=O) groups is 1. The van der Waals surface area contributed by atoms with Crippen LogP contribution in [0.2, 0.25) is 5.02 Å². The number of hydrogen-bond acceptors (Lipinski definition) is 6. The summed E-state index contributed by atoms with van der Waals surface area (Å²) >= 11 is 6.30. The predicted molar refractivity (Wildman–Crippen MR) is 113 cm³/mol. The number of aromatic nitrogens is 4. The van der Waals surface area contributed by atoms with Crippen LogP contribution < -0.4 is 10.6 Å². The topological polar surface area (TPSA) is 92.6 Å². The second-order valence-electron chi connectivity index (χ2n) is 7.26. The molecule has 3 aromatic rings. The Kier molecular flexibility index (Phi) is 5.27. The van der Waals surface area contributed by atoms with E-state index in [1.54, 1.807) is 4.52 Å². The Bertz CT molecular complexity index is 1060. The van der Waals surface area contributed by atoms with Gasteiger partial charge in [0.25, 0.3) is 5.78 Å². The van der Waals surface area contributed by atoms with Crippen molar-refractivity contribution >= 4 is 34.9 Å². The Morgan fingerprint density at radius 2 is 1.86 bits per heavy atom. The number of fused-ring (bicyclic) bond motifs is 1. The van der Waals surface area contributed by atoms with Gasteiger partial charge < -0.3 is 15.5 Å². The SMILES string of the molecule is Cc1nc2nc(N)nn2c(C)c1CCC(=O)N1CCN(c2ccccc2Cl)CC1. The van der Waals surface area contributed by atoms with Gasteiger partial charge in [-0.15, -0.1) is 5.10 Å². The summed E-state index contributed by atoms with van der Waals surface area (Å²) in [5, 5.41) is 4.93. The highest BCUT2D eigenvalue weighted by Crippen LogP contribution is 2.26. The summed E-state index contributed by atoms with van der Waals surface area (Å²) in [5.74, 6) is 0.841. The van der Waals surface area contributed by atoms with Crippen LogP contribution in [0.25, 0.3) is 5.78 Å². The zero-order chi connectivity index (χ0) is 20.5. The number of carbonyl (C=O) groups excluding carboxylic acids is 1. The van der Waals surface area contributed by atoms with Gasteiger partial charge in [0.15, 0.2) is 0 Å². The minimum absolute atomic E-state index is 0.154. The first-order chi connectivity index (χ1) is 13.9. The van der Waals surface area contributed by atoms with E-state index in [-0.39, 0.29) is 11.9 Å². The molecule has 1 saturated heterocycles. The fourth-order valence-corrected chi connectivity index (χ4v) is 4.14. The van der Waals surface area contributed by atoms with Crippen molar-refractivity contribution in [3.05, 3.63) is 46.2 Å². The van der Waals surface area contributed by atoms with E-state index in [1.807, 2.05) is 43.0 Å². The molecule has 0 bridgehead atoms. The van der Waals surface area contributed by atoms with E-state index in [2.05, 4.69) is 20.0 Å². The molecule has 0 radical (unpaired) electrons. The van der Waals surface area contributed by atoms with Crippen LogP contribution in [-0.4, -0.2) is 56.6 Å². The van der Waals surface area contributed by atoms with E-state index in [0.717, 1.165) is 40.8 Å². The molecular formula is C20H24ClN7O. The first kappa shape index (κ1) is 19.4. The number of nitrogens with two attached hydrogens (primary N) is 1. The third-order valence-corrected chi connectivity index (χ3v) is 5.80. The lowest BCUT2D eigenvalue weighted by molar-refractivity contribution is -0.131. The van der Waals surface area contributed by atoms with Gasteiger partial charge in [-0.05, 0) is 38.0 Å². The molecule has 0 spiro atoms. The van der Waals surface area contributed by atoms with Crippen LogP contribution >= 0.6 is 11.6 Å². The smallest absolute Gasteiger partial charge is 0.254 e. The van der Waals surface area contributed by atoms with Crippen molar-refractivity contribution in [1.82, 2.24) is 24.5 Å². The van der Waals surface area contributed by atoms with E-state index in [4.69, 9.17) is 17.3 Å². The van der Waals surface area contributed by atoms with Crippen LogP contribution in [0, 0.1) is 13.8 Å². The summed E-state index contributed by atoms with van der Waals surface area (Å²) in [5.41, 5.74) is 9.52. The predicted octanol–water partition coefficient (Wildman–Crippen LogP) is 2.26. The number of rotatable bonds is 4. The highest BCUT2D eigenvalue weighted by Gasteiger charge is 2.23. The normalized spacial score (nSPS) is 14.6. The zero-order valence-corrected chi connectivity index (χ0v) is 17.4. The van der Waals surface area contributed by atoms with Crippen LogP contribution in [0.15, 0.2) is 24.3 Å². The summed E-state index contributed by atoms with van der Waals surface area (Å²) in [4.78, 5) is 25.5. The number of halogens is 1. The second-order valence-corrected chi connectivity index (χ2v) is 7.67. The quantitative estimate of drug-likeness (QED) is 0.705. The van der Waals surface area contributed by atoms with Gasteiger partial charge in [-0.3, -0.25) is 4.79 Å². The number of aryl methyl sites for hydroxylation is 2. The summed E-state index contributed by atoms with van der Waals surface area (Å²) in [6.45, 7) is 6.83. The van der Waals surface area contributed by atoms with Crippen molar-refractivity contribution in [2.45, 2.75) is 26.7 Å². The summed E-state index contributed by atoms with van der Waals surface area (Å²) in [7, 11) is 0. The van der Waals surface area contributed by atoms with E-state index >= 15 is 0 Å². The molecule has 0 atom stereocenters. The first-order valence-electron chi connectivity index (χ1n) is 9.69. The molecule has 1 amide bonds. The lowest BCUT2D eigenvalue weighted by atomic mass is 10.1. The second kappa shape index (κ2) is 7.87. The lowest BCUT2D eigenvalue weighted by Crippen LogP contribution is -2.49. The molecular weight excluding hydrogens is 390 g/mol. The Morgan fingerprint density at radius 3 is 2.59 bits per heavy atom. The van der Waals surface area contributed by atoms with Crippen molar-refractivity contribution in [2.24, 2.45) is 0 Å². The van der Waals surface area contributed by atoms with Crippen LogP contribution in [0.3, 0.4) is 0 Å². The van der Waals surface area contributed by atoms with E-state index < -0.39 is 0 Å². The molecule has 2 aromatic heterocycles. The number of anilines is 2. The van der Waals surface area contributed by atoms with Gasteiger partial charge in [0.2, 0.25) is 11.9 Å². The highest BCUT2D eigenvalue weighted by molar-refractivity contribution is 6.33. The third-order valence-electron chi connectivity index (χ3n) is 5.48. The molecule has 0 aliphatic carbocycles. The van der Waals surface area contributed by atoms with Gasteiger partial charge in [0.05, 0.1) is 10.7 Å². The van der Waals surface area contributed by atoms with Gasteiger partial charge in [-0.25, -0.2) is 4.98 Å². The molecule has 1 aliphatic rings. The number of nitrogens with zero attached hydrogens (tertiary/aromatic N) is 6. The van der Waals surface area contributed by atoms with Crippen LogP contribution in [-0.2, 0) is 11.2 Å². The molecule has 3 heterocycles. The summed E-state index contributed by atoms with van der Waals surface area (Å²) < 4.78 is 1.64. The van der Waals surface area contributed by atoms with Crippen molar-refractivity contribution in [3.8, 4) is 0 Å². The van der Waals surface area contributed by atoms with E-state index in [0.29, 0.717) is 31.7 Å². The number of nitrogen functional groups attached to an aromatic ring is 1. The van der Waals surface area contributed by atoms with Crippen LogP contribution in [0.5, 0.6) is 0 Å². The maximum atomic E-state index is 12.8. The molecule has 0 unspecified atom stereocenters. The molecule has 4 rings (SSSR count). The van der Waals surface area contributed by atoms with Gasteiger partial charge in [-0.2, -0.15) is 9.50 Å². The van der Waals surface area contributed by atoms with E-state index in [1.165, 1.54) is 0 Å². The summed E-state index contributed by atoms with van der Waals surface area (Å²) in [6.07, 6.45) is 1.05. The van der Waals surface area contributed by atoms with Crippen molar-refractivity contribution < 1.29 is 4.79 Å². The summed E-state index contributed by atoms with van der Waals surface area (Å²) in [6, 6.07) is 7.82. The van der Waals surface area contributed by atoms with Gasteiger partial charge >= 0.3 is 0 Å². The maximum absolute atomic E-state index is 12.8. The van der Waals surface area contributed by atoms with Crippen molar-refractivity contribution in [2.75, 3.05) is 36.8 Å². The fourth-order valence-electron chi connectivity index (χ4n) is 3.88. The molecule has 1 fully saturated rings. The molecule has 1 aliphatic heterocycles. The Balaban J connectivity index is 1.39. The molecule has 9 heteroatoms. The van der Waals surface area contributed by atoms with Crippen LogP contribution in [0.4, 0.5) is 11.6 Å². The van der Waals surface area contributed by atoms with Gasteiger partial charge in [-0.1, -0.05) is 23.7 Å². The number of amides is 1. The molecule has 152 valence electrons.